The number of hydrogen-bond donors (Lipinski definition) is 1. The number of nitrogens with one attached hydrogen (secondary N) is 1. The average Bonchev–Trinajstić information content (AvgIpc) is 2.45. The molecule has 19 heavy (non-hydrogen) atoms. The molecular formula is C17H29NO. The molecule has 1 aromatic carbocycles. The highest BCUT2D eigenvalue weighted by molar-refractivity contribution is 5.20. The van der Waals surface area contributed by atoms with Crippen LogP contribution >= 0.6 is 0 Å². The zero-order valence-corrected chi connectivity index (χ0v) is 12.5. The van der Waals surface area contributed by atoms with Crippen molar-refractivity contribution in [3.05, 3.63) is 30.3 Å². The Morgan fingerprint density at radius 3 is 2.47 bits per heavy atom. The van der Waals surface area contributed by atoms with E-state index in [1.807, 2.05) is 30.3 Å². The SMILES string of the molecule is CCCCCC(CCOc1ccccc1)NCCC. The van der Waals surface area contributed by atoms with Gasteiger partial charge >= 0.3 is 0 Å². The molecule has 108 valence electrons. The molecule has 0 aliphatic heterocycles. The van der Waals surface area contributed by atoms with Crippen molar-refractivity contribution < 1.29 is 4.74 Å². The minimum absolute atomic E-state index is 0.607. The summed E-state index contributed by atoms with van der Waals surface area (Å²) < 4.78 is 5.78. The zero-order valence-electron chi connectivity index (χ0n) is 12.5. The molecule has 0 aliphatic rings. The van der Waals surface area contributed by atoms with Gasteiger partial charge in [0.05, 0.1) is 6.61 Å². The van der Waals surface area contributed by atoms with E-state index in [9.17, 15) is 0 Å². The van der Waals surface area contributed by atoms with Gasteiger partial charge in [0, 0.05) is 6.04 Å². The monoisotopic (exact) mass is 263 g/mol. The van der Waals surface area contributed by atoms with Crippen LogP contribution in [0, 0.1) is 0 Å². The number of para-hydroxylation sites is 1. The summed E-state index contributed by atoms with van der Waals surface area (Å²) in [5.41, 5.74) is 0. The molecule has 1 aromatic rings. The largest absolute Gasteiger partial charge is 0.494 e. The fourth-order valence-electron chi connectivity index (χ4n) is 2.17. The lowest BCUT2D eigenvalue weighted by molar-refractivity contribution is 0.278. The van der Waals surface area contributed by atoms with Gasteiger partial charge in [0.25, 0.3) is 0 Å². The van der Waals surface area contributed by atoms with Crippen LogP contribution in [0.15, 0.2) is 30.3 Å². The second-order valence-electron chi connectivity index (χ2n) is 5.10. The Morgan fingerprint density at radius 2 is 1.79 bits per heavy atom. The molecule has 0 saturated carbocycles. The lowest BCUT2D eigenvalue weighted by atomic mass is 10.1. The van der Waals surface area contributed by atoms with Gasteiger partial charge in [-0.05, 0) is 37.9 Å². The number of benzene rings is 1. The highest BCUT2D eigenvalue weighted by Gasteiger charge is 2.07. The molecule has 0 amide bonds. The summed E-state index contributed by atoms with van der Waals surface area (Å²) in [7, 11) is 0. The third-order valence-electron chi connectivity index (χ3n) is 3.32. The second-order valence-corrected chi connectivity index (χ2v) is 5.10. The van der Waals surface area contributed by atoms with Crippen LogP contribution in [-0.2, 0) is 0 Å². The molecule has 0 radical (unpaired) electrons. The van der Waals surface area contributed by atoms with Gasteiger partial charge in [-0.25, -0.2) is 0 Å². The summed E-state index contributed by atoms with van der Waals surface area (Å²) in [4.78, 5) is 0. The maximum absolute atomic E-state index is 5.78. The summed E-state index contributed by atoms with van der Waals surface area (Å²) >= 11 is 0. The molecule has 0 spiro atoms. The quantitative estimate of drug-likeness (QED) is 0.597. The Labute approximate surface area is 118 Å². The average molecular weight is 263 g/mol. The van der Waals surface area contributed by atoms with Crippen LogP contribution in [0.2, 0.25) is 0 Å². The molecule has 0 fully saturated rings. The van der Waals surface area contributed by atoms with Crippen LogP contribution in [0.25, 0.3) is 0 Å². The van der Waals surface area contributed by atoms with Crippen molar-refractivity contribution in [1.29, 1.82) is 0 Å². The van der Waals surface area contributed by atoms with E-state index in [2.05, 4.69) is 19.2 Å². The summed E-state index contributed by atoms with van der Waals surface area (Å²) in [5.74, 6) is 0.977. The Hall–Kier alpha value is -1.02. The van der Waals surface area contributed by atoms with Gasteiger partial charge in [-0.2, -0.15) is 0 Å². The molecule has 0 aromatic heterocycles. The third-order valence-corrected chi connectivity index (χ3v) is 3.32. The Balaban J connectivity index is 2.22. The molecule has 2 nitrogen and oxygen atoms in total. The van der Waals surface area contributed by atoms with Crippen LogP contribution in [0.4, 0.5) is 0 Å². The molecule has 2 heteroatoms. The predicted octanol–water partition coefficient (Wildman–Crippen LogP) is 4.40. The molecular weight excluding hydrogens is 234 g/mol. The zero-order chi connectivity index (χ0) is 13.8. The second kappa shape index (κ2) is 10.9. The van der Waals surface area contributed by atoms with Crippen molar-refractivity contribution in [3.8, 4) is 5.75 Å². The molecule has 0 heterocycles. The molecule has 0 bridgehead atoms. The van der Waals surface area contributed by atoms with Crippen LogP contribution in [0.1, 0.15) is 52.4 Å². The van der Waals surface area contributed by atoms with Gasteiger partial charge in [-0.3, -0.25) is 0 Å². The summed E-state index contributed by atoms with van der Waals surface area (Å²) in [6, 6.07) is 10.7. The minimum Gasteiger partial charge on any atom is -0.494 e. The molecule has 1 N–H and O–H groups in total. The smallest absolute Gasteiger partial charge is 0.119 e. The van der Waals surface area contributed by atoms with E-state index in [0.29, 0.717) is 6.04 Å². The first-order valence-corrected chi connectivity index (χ1v) is 7.78. The maximum Gasteiger partial charge on any atom is 0.119 e. The van der Waals surface area contributed by atoms with Gasteiger partial charge in [-0.1, -0.05) is 51.3 Å². The summed E-state index contributed by atoms with van der Waals surface area (Å²) in [5, 5.41) is 3.63. The van der Waals surface area contributed by atoms with Crippen molar-refractivity contribution in [2.75, 3.05) is 13.2 Å². The summed E-state index contributed by atoms with van der Waals surface area (Å²) in [6.07, 6.45) is 7.52. The van der Waals surface area contributed by atoms with E-state index < -0.39 is 0 Å². The van der Waals surface area contributed by atoms with Crippen LogP contribution in [0.5, 0.6) is 5.75 Å². The van der Waals surface area contributed by atoms with Gasteiger partial charge in [0.2, 0.25) is 0 Å². The van der Waals surface area contributed by atoms with Crippen molar-refractivity contribution >= 4 is 0 Å². The first-order valence-electron chi connectivity index (χ1n) is 7.78. The van der Waals surface area contributed by atoms with E-state index in [0.717, 1.165) is 25.3 Å². The summed E-state index contributed by atoms with van der Waals surface area (Å²) in [6.45, 7) is 6.39. The standard InChI is InChI=1S/C17H29NO/c1-3-5-7-10-16(18-14-4-2)13-15-19-17-11-8-6-9-12-17/h6,8-9,11-12,16,18H,3-5,7,10,13-15H2,1-2H3. The normalized spacial score (nSPS) is 12.3. The maximum atomic E-state index is 5.78. The van der Waals surface area contributed by atoms with Crippen molar-refractivity contribution in [3.63, 3.8) is 0 Å². The van der Waals surface area contributed by atoms with Gasteiger partial charge in [-0.15, -0.1) is 0 Å². The topological polar surface area (TPSA) is 21.3 Å². The fourth-order valence-corrected chi connectivity index (χ4v) is 2.17. The molecule has 1 atom stereocenters. The highest BCUT2D eigenvalue weighted by Crippen LogP contribution is 2.11. The number of hydrogen-bond acceptors (Lipinski definition) is 2. The minimum atomic E-state index is 0.607. The van der Waals surface area contributed by atoms with E-state index in [-0.39, 0.29) is 0 Å². The van der Waals surface area contributed by atoms with E-state index in [4.69, 9.17) is 4.74 Å². The molecule has 0 aliphatic carbocycles. The van der Waals surface area contributed by atoms with Crippen molar-refractivity contribution in [2.24, 2.45) is 0 Å². The van der Waals surface area contributed by atoms with Crippen LogP contribution in [0.3, 0.4) is 0 Å². The van der Waals surface area contributed by atoms with Crippen molar-refractivity contribution in [1.82, 2.24) is 5.32 Å². The molecule has 1 unspecified atom stereocenters. The Kier molecular flexibility index (Phi) is 9.17. The van der Waals surface area contributed by atoms with Crippen molar-refractivity contribution in [2.45, 2.75) is 58.4 Å². The lowest BCUT2D eigenvalue weighted by Crippen LogP contribution is -2.31. The molecule has 1 rings (SSSR count). The van der Waals surface area contributed by atoms with Crippen LogP contribution in [-0.4, -0.2) is 19.2 Å². The number of ether oxygens (including phenoxy) is 1. The first kappa shape index (κ1) is 16.0. The van der Waals surface area contributed by atoms with E-state index in [1.54, 1.807) is 0 Å². The fraction of sp³-hybridized carbons (Fsp3) is 0.647. The Morgan fingerprint density at radius 1 is 1.00 bits per heavy atom. The Bertz CT molecular complexity index is 299. The van der Waals surface area contributed by atoms with Crippen LogP contribution < -0.4 is 10.1 Å². The van der Waals surface area contributed by atoms with Gasteiger partial charge in [0.15, 0.2) is 0 Å². The molecule has 0 saturated heterocycles. The van der Waals surface area contributed by atoms with Gasteiger partial charge in [0.1, 0.15) is 5.75 Å². The first-order chi connectivity index (χ1) is 9.36. The van der Waals surface area contributed by atoms with E-state index in [1.165, 1.54) is 32.1 Å². The predicted molar refractivity (Wildman–Crippen MR) is 82.8 cm³/mol. The highest BCUT2D eigenvalue weighted by atomic mass is 16.5. The lowest BCUT2D eigenvalue weighted by Gasteiger charge is -2.18. The third kappa shape index (κ3) is 7.89. The number of unbranched alkanes of at least 4 members (excludes halogenated alkanes) is 2. The number of rotatable bonds is 11. The van der Waals surface area contributed by atoms with Gasteiger partial charge < -0.3 is 10.1 Å². The van der Waals surface area contributed by atoms with E-state index >= 15 is 0 Å².